The second-order valence-electron chi connectivity index (χ2n) is 4.64. The van der Waals surface area contributed by atoms with Crippen molar-refractivity contribution in [1.82, 2.24) is 0 Å². The molecule has 0 aromatic heterocycles. The van der Waals surface area contributed by atoms with E-state index in [2.05, 4.69) is 44.9 Å². The van der Waals surface area contributed by atoms with Gasteiger partial charge in [-0.05, 0) is 36.6 Å². The Hall–Kier alpha value is -1.09. The molecule has 0 radical (unpaired) electrons. The first-order chi connectivity index (χ1) is 7.41. The maximum Gasteiger partial charge on any atom is 0.103 e. The minimum absolute atomic E-state index is 0.459. The van der Waals surface area contributed by atoms with E-state index in [9.17, 15) is 0 Å². The van der Waals surface area contributed by atoms with Gasteiger partial charge in [-0.15, -0.1) is 0 Å². The summed E-state index contributed by atoms with van der Waals surface area (Å²) >= 11 is 4.96. The van der Waals surface area contributed by atoms with E-state index in [1.54, 1.807) is 0 Å². The van der Waals surface area contributed by atoms with Gasteiger partial charge in [-0.2, -0.15) is 0 Å². The normalized spacial score (nSPS) is 10.6. The molecule has 2 nitrogen and oxygen atoms in total. The molecule has 16 heavy (non-hydrogen) atoms. The van der Waals surface area contributed by atoms with E-state index in [0.717, 1.165) is 12.1 Å². The third kappa shape index (κ3) is 3.20. The Morgan fingerprint density at radius 3 is 2.50 bits per heavy atom. The summed E-state index contributed by atoms with van der Waals surface area (Å²) in [5.74, 6) is 0.652. The van der Waals surface area contributed by atoms with Gasteiger partial charge < -0.3 is 10.6 Å². The van der Waals surface area contributed by atoms with Crippen molar-refractivity contribution in [3.8, 4) is 0 Å². The molecule has 0 saturated heterocycles. The first-order valence-corrected chi connectivity index (χ1v) is 5.94. The molecule has 0 aliphatic carbocycles. The van der Waals surface area contributed by atoms with Gasteiger partial charge in [0.2, 0.25) is 0 Å². The Balaban J connectivity index is 2.94. The molecule has 1 aromatic rings. The van der Waals surface area contributed by atoms with Gasteiger partial charge in [0.05, 0.1) is 0 Å². The molecular weight excluding hydrogens is 216 g/mol. The van der Waals surface area contributed by atoms with E-state index >= 15 is 0 Å². The number of hydrogen-bond donors (Lipinski definition) is 1. The number of hydrogen-bond acceptors (Lipinski definition) is 2. The Morgan fingerprint density at radius 1 is 1.44 bits per heavy atom. The van der Waals surface area contributed by atoms with Gasteiger partial charge in [0, 0.05) is 24.8 Å². The number of rotatable bonds is 4. The second kappa shape index (κ2) is 5.30. The summed E-state index contributed by atoms with van der Waals surface area (Å²) in [6, 6.07) is 6.13. The number of nitrogens with zero attached hydrogens (tertiary/aromatic N) is 1. The molecule has 0 unspecified atom stereocenters. The van der Waals surface area contributed by atoms with Crippen LogP contribution in [-0.4, -0.2) is 18.6 Å². The highest BCUT2D eigenvalue weighted by Gasteiger charge is 2.07. The lowest BCUT2D eigenvalue weighted by molar-refractivity contribution is 0.638. The average molecular weight is 236 g/mol. The molecule has 0 aliphatic rings. The highest BCUT2D eigenvalue weighted by atomic mass is 32.1. The molecule has 88 valence electrons. The Labute approximate surface area is 103 Å². The Morgan fingerprint density at radius 2 is 2.06 bits per heavy atom. The highest BCUT2D eigenvalue weighted by molar-refractivity contribution is 7.80. The third-order valence-corrected chi connectivity index (χ3v) is 2.77. The molecule has 0 saturated carbocycles. The molecule has 1 rings (SSSR count). The Kier molecular flexibility index (Phi) is 4.30. The fourth-order valence-electron chi connectivity index (χ4n) is 1.88. The maximum absolute atomic E-state index is 5.61. The van der Waals surface area contributed by atoms with E-state index < -0.39 is 0 Å². The van der Waals surface area contributed by atoms with E-state index in [1.165, 1.54) is 11.3 Å². The zero-order chi connectivity index (χ0) is 12.3. The van der Waals surface area contributed by atoms with Crippen LogP contribution in [0.15, 0.2) is 18.2 Å². The van der Waals surface area contributed by atoms with Crippen molar-refractivity contribution in [2.24, 2.45) is 11.7 Å². The number of anilines is 1. The van der Waals surface area contributed by atoms with Crippen LogP contribution in [0, 0.1) is 12.8 Å². The highest BCUT2D eigenvalue weighted by Crippen LogP contribution is 2.21. The van der Waals surface area contributed by atoms with E-state index in [-0.39, 0.29) is 0 Å². The lowest BCUT2D eigenvalue weighted by Gasteiger charge is -2.23. The Bertz CT molecular complexity index is 386. The summed E-state index contributed by atoms with van der Waals surface area (Å²) in [5, 5.41) is 0. The van der Waals surface area contributed by atoms with Gasteiger partial charge in [0.15, 0.2) is 0 Å². The van der Waals surface area contributed by atoms with Crippen LogP contribution in [0.1, 0.15) is 25.0 Å². The van der Waals surface area contributed by atoms with E-state index in [1.807, 2.05) is 6.07 Å². The van der Waals surface area contributed by atoms with Crippen LogP contribution in [0.2, 0.25) is 0 Å². The molecule has 0 amide bonds. The molecule has 0 aliphatic heterocycles. The summed E-state index contributed by atoms with van der Waals surface area (Å²) in [6.07, 6.45) is 0. The minimum atomic E-state index is 0.459. The largest absolute Gasteiger partial charge is 0.389 e. The lowest BCUT2D eigenvalue weighted by Crippen LogP contribution is -2.23. The molecule has 1 aromatic carbocycles. The van der Waals surface area contributed by atoms with Crippen LogP contribution >= 0.6 is 12.2 Å². The van der Waals surface area contributed by atoms with Crippen LogP contribution in [0.3, 0.4) is 0 Å². The summed E-state index contributed by atoms with van der Waals surface area (Å²) < 4.78 is 0. The standard InChI is InChI=1S/C13H20N2S/c1-9(2)8-15(4)12-6-5-11(13(14)16)7-10(12)3/h5-7,9H,8H2,1-4H3,(H2,14,16). The molecule has 3 heteroatoms. The van der Waals surface area contributed by atoms with E-state index in [4.69, 9.17) is 18.0 Å². The van der Waals surface area contributed by atoms with Gasteiger partial charge >= 0.3 is 0 Å². The topological polar surface area (TPSA) is 29.3 Å². The molecule has 2 N–H and O–H groups in total. The van der Waals surface area contributed by atoms with Crippen molar-refractivity contribution in [3.63, 3.8) is 0 Å². The lowest BCUT2D eigenvalue weighted by atomic mass is 10.1. The molecular formula is C13H20N2S. The fourth-order valence-corrected chi connectivity index (χ4v) is 2.01. The second-order valence-corrected chi connectivity index (χ2v) is 5.08. The van der Waals surface area contributed by atoms with Crippen LogP contribution in [-0.2, 0) is 0 Å². The van der Waals surface area contributed by atoms with Crippen molar-refractivity contribution >= 4 is 22.9 Å². The zero-order valence-corrected chi connectivity index (χ0v) is 11.3. The van der Waals surface area contributed by atoms with Crippen molar-refractivity contribution < 1.29 is 0 Å². The van der Waals surface area contributed by atoms with Gasteiger partial charge in [0.1, 0.15) is 4.99 Å². The van der Waals surface area contributed by atoms with Crippen molar-refractivity contribution in [2.75, 3.05) is 18.5 Å². The first-order valence-electron chi connectivity index (χ1n) is 5.53. The van der Waals surface area contributed by atoms with Crippen molar-refractivity contribution in [3.05, 3.63) is 29.3 Å². The predicted molar refractivity (Wildman–Crippen MR) is 75.2 cm³/mol. The molecule has 0 atom stereocenters. The maximum atomic E-state index is 5.61. The molecule has 0 bridgehead atoms. The zero-order valence-electron chi connectivity index (χ0n) is 10.4. The third-order valence-electron chi connectivity index (χ3n) is 2.53. The fraction of sp³-hybridized carbons (Fsp3) is 0.462. The molecule has 0 heterocycles. The summed E-state index contributed by atoms with van der Waals surface area (Å²) in [7, 11) is 2.11. The monoisotopic (exact) mass is 236 g/mol. The number of benzene rings is 1. The van der Waals surface area contributed by atoms with Crippen molar-refractivity contribution in [2.45, 2.75) is 20.8 Å². The summed E-state index contributed by atoms with van der Waals surface area (Å²) in [5.41, 5.74) is 9.01. The van der Waals surface area contributed by atoms with Gasteiger partial charge in [-0.1, -0.05) is 26.1 Å². The van der Waals surface area contributed by atoms with Crippen LogP contribution < -0.4 is 10.6 Å². The summed E-state index contributed by atoms with van der Waals surface area (Å²) in [4.78, 5) is 2.73. The van der Waals surface area contributed by atoms with Crippen LogP contribution in [0.5, 0.6) is 0 Å². The number of aryl methyl sites for hydroxylation is 1. The average Bonchev–Trinajstić information content (AvgIpc) is 2.15. The van der Waals surface area contributed by atoms with Gasteiger partial charge in [-0.25, -0.2) is 0 Å². The van der Waals surface area contributed by atoms with Gasteiger partial charge in [0.25, 0.3) is 0 Å². The van der Waals surface area contributed by atoms with Crippen LogP contribution in [0.25, 0.3) is 0 Å². The van der Waals surface area contributed by atoms with E-state index in [0.29, 0.717) is 10.9 Å². The summed E-state index contributed by atoms with van der Waals surface area (Å²) in [6.45, 7) is 7.58. The first kappa shape index (κ1) is 13.0. The number of nitrogens with two attached hydrogens (primary N) is 1. The molecule has 0 spiro atoms. The van der Waals surface area contributed by atoms with Crippen molar-refractivity contribution in [1.29, 1.82) is 0 Å². The molecule has 0 fully saturated rings. The predicted octanol–water partition coefficient (Wildman–Crippen LogP) is 2.72. The quantitative estimate of drug-likeness (QED) is 0.815. The minimum Gasteiger partial charge on any atom is -0.389 e. The van der Waals surface area contributed by atoms with Crippen LogP contribution in [0.4, 0.5) is 5.69 Å². The smallest absolute Gasteiger partial charge is 0.103 e. The van der Waals surface area contributed by atoms with Gasteiger partial charge in [-0.3, -0.25) is 0 Å². The SMILES string of the molecule is Cc1cc(C(N)=S)ccc1N(C)CC(C)C. The number of thiocarbonyl (C=S) groups is 1.